The SMILES string of the molecule is [2H]C([2H])([2H])c1cc(C)nc2oc3c(-c4n(-c5ccccc5)c5ccccc5[n+]4C)c(C)ccc3c12. The summed E-state index contributed by atoms with van der Waals surface area (Å²) in [6.07, 6.45) is 0. The van der Waals surface area contributed by atoms with E-state index in [2.05, 4.69) is 45.3 Å². The summed E-state index contributed by atoms with van der Waals surface area (Å²) >= 11 is 0. The largest absolute Gasteiger partial charge is 0.437 e. The zero-order valence-corrected chi connectivity index (χ0v) is 18.2. The molecule has 0 fully saturated rings. The van der Waals surface area contributed by atoms with Crippen molar-refractivity contribution < 1.29 is 13.1 Å². The Bertz CT molecular complexity index is 1760. The van der Waals surface area contributed by atoms with Gasteiger partial charge < -0.3 is 4.42 Å². The maximum atomic E-state index is 8.13. The monoisotopic (exact) mass is 421 g/mol. The molecule has 4 heteroatoms. The molecule has 0 saturated carbocycles. The van der Waals surface area contributed by atoms with Crippen molar-refractivity contribution in [3.05, 3.63) is 89.6 Å². The molecule has 156 valence electrons. The van der Waals surface area contributed by atoms with Crippen LogP contribution >= 0.6 is 0 Å². The molecule has 0 aliphatic carbocycles. The van der Waals surface area contributed by atoms with E-state index >= 15 is 0 Å². The van der Waals surface area contributed by atoms with Gasteiger partial charge in [-0.3, -0.25) is 0 Å². The number of furan rings is 1. The highest BCUT2D eigenvalue weighted by Crippen LogP contribution is 2.39. The van der Waals surface area contributed by atoms with Crippen LogP contribution in [-0.2, 0) is 7.05 Å². The fourth-order valence-corrected chi connectivity index (χ4v) is 4.77. The first-order valence-electron chi connectivity index (χ1n) is 12.1. The Kier molecular flexibility index (Phi) is 3.36. The molecule has 0 saturated heterocycles. The lowest BCUT2D eigenvalue weighted by Crippen LogP contribution is -2.30. The molecule has 0 aliphatic heterocycles. The third-order valence-electron chi connectivity index (χ3n) is 6.20. The number of benzene rings is 3. The number of nitrogens with zero attached hydrogens (tertiary/aromatic N) is 3. The number of rotatable bonds is 2. The number of fused-ring (bicyclic) bond motifs is 4. The van der Waals surface area contributed by atoms with E-state index in [4.69, 9.17) is 8.53 Å². The van der Waals surface area contributed by atoms with E-state index in [1.165, 1.54) is 0 Å². The lowest BCUT2D eigenvalue weighted by molar-refractivity contribution is -0.633. The molecule has 0 radical (unpaired) electrons. The minimum Gasteiger partial charge on any atom is -0.437 e. The molecule has 0 aliphatic rings. The first-order chi connectivity index (χ1) is 16.8. The summed E-state index contributed by atoms with van der Waals surface area (Å²) in [5, 5.41) is 1.31. The second-order valence-corrected chi connectivity index (χ2v) is 8.27. The molecule has 0 N–H and O–H groups in total. The maximum Gasteiger partial charge on any atom is 0.298 e. The van der Waals surface area contributed by atoms with Crippen molar-refractivity contribution in [1.29, 1.82) is 0 Å². The zero-order chi connectivity index (χ0) is 24.5. The Morgan fingerprint density at radius 2 is 1.72 bits per heavy atom. The molecule has 3 heterocycles. The van der Waals surface area contributed by atoms with Gasteiger partial charge in [0, 0.05) is 15.2 Å². The van der Waals surface area contributed by atoms with E-state index in [0.717, 1.165) is 39.1 Å². The highest BCUT2D eigenvalue weighted by molar-refractivity contribution is 6.10. The van der Waals surface area contributed by atoms with Gasteiger partial charge in [0.1, 0.15) is 11.3 Å². The molecule has 0 unspecified atom stereocenters. The summed E-state index contributed by atoms with van der Waals surface area (Å²) in [4.78, 5) is 4.57. The number of hydrogen-bond acceptors (Lipinski definition) is 2. The van der Waals surface area contributed by atoms with E-state index in [0.29, 0.717) is 22.4 Å². The maximum absolute atomic E-state index is 8.13. The van der Waals surface area contributed by atoms with Crippen LogP contribution < -0.4 is 4.57 Å². The third kappa shape index (κ3) is 2.56. The first-order valence-corrected chi connectivity index (χ1v) is 10.6. The van der Waals surface area contributed by atoms with Crippen molar-refractivity contribution in [2.24, 2.45) is 7.05 Å². The van der Waals surface area contributed by atoms with Crippen LogP contribution in [0.15, 0.2) is 77.2 Å². The highest BCUT2D eigenvalue weighted by Gasteiger charge is 2.30. The molecule has 4 nitrogen and oxygen atoms in total. The van der Waals surface area contributed by atoms with E-state index in [1.807, 2.05) is 49.5 Å². The molecular weight excluding hydrogens is 394 g/mol. The van der Waals surface area contributed by atoms with Gasteiger partial charge >= 0.3 is 0 Å². The number of imidazole rings is 1. The summed E-state index contributed by atoms with van der Waals surface area (Å²) in [6, 6.07) is 24.1. The van der Waals surface area contributed by atoms with Gasteiger partial charge in [0.25, 0.3) is 5.82 Å². The molecule has 3 aromatic heterocycles. The zero-order valence-electron chi connectivity index (χ0n) is 21.2. The number of hydrogen-bond donors (Lipinski definition) is 0. The molecule has 6 rings (SSSR count). The Morgan fingerprint density at radius 1 is 0.938 bits per heavy atom. The van der Waals surface area contributed by atoms with Crippen molar-refractivity contribution >= 4 is 33.1 Å². The van der Waals surface area contributed by atoms with Gasteiger partial charge in [0.2, 0.25) is 5.71 Å². The average Bonchev–Trinajstić information content (AvgIpc) is 3.33. The lowest BCUT2D eigenvalue weighted by atomic mass is 10.0. The molecule has 3 aromatic carbocycles. The Hall–Kier alpha value is -3.92. The molecular formula is C28H24N3O+. The normalized spacial score (nSPS) is 13.5. The number of para-hydroxylation sites is 3. The van der Waals surface area contributed by atoms with Crippen LogP contribution in [0.3, 0.4) is 0 Å². The van der Waals surface area contributed by atoms with E-state index in [-0.39, 0.29) is 5.56 Å². The summed E-state index contributed by atoms with van der Waals surface area (Å²) in [6.45, 7) is 1.57. The molecule has 0 atom stereocenters. The minimum atomic E-state index is -2.28. The predicted octanol–water partition coefficient (Wildman–Crippen LogP) is 6.34. The highest BCUT2D eigenvalue weighted by atomic mass is 16.3. The van der Waals surface area contributed by atoms with Gasteiger partial charge in [0.05, 0.1) is 12.4 Å². The van der Waals surface area contributed by atoms with Crippen molar-refractivity contribution in [1.82, 2.24) is 9.55 Å². The third-order valence-corrected chi connectivity index (χ3v) is 6.20. The molecule has 0 bridgehead atoms. The van der Waals surface area contributed by atoms with Gasteiger partial charge in [-0.05, 0) is 62.2 Å². The van der Waals surface area contributed by atoms with E-state index in [9.17, 15) is 0 Å². The minimum absolute atomic E-state index is 0.265. The summed E-state index contributed by atoms with van der Waals surface area (Å²) in [5.74, 6) is 0.951. The quantitative estimate of drug-likeness (QED) is 0.306. The molecule has 6 aromatic rings. The number of aromatic nitrogens is 3. The Balaban J connectivity index is 1.80. The van der Waals surface area contributed by atoms with Gasteiger partial charge in [-0.1, -0.05) is 42.5 Å². The van der Waals surface area contributed by atoms with Crippen LogP contribution in [-0.4, -0.2) is 9.55 Å². The van der Waals surface area contributed by atoms with Crippen LogP contribution in [0.2, 0.25) is 0 Å². The predicted molar refractivity (Wildman–Crippen MR) is 129 cm³/mol. The lowest BCUT2D eigenvalue weighted by Gasteiger charge is -2.07. The number of pyridine rings is 1. The average molecular weight is 422 g/mol. The van der Waals surface area contributed by atoms with Crippen LogP contribution in [0.1, 0.15) is 20.9 Å². The van der Waals surface area contributed by atoms with Crippen LogP contribution in [0.4, 0.5) is 0 Å². The standard InChI is InChI=1S/C28H24N3O/c1-17-14-15-21-24-18(2)16-19(3)29-27(24)32-26(21)25(17)28-30(4)22-12-8-9-13-23(22)31(28)20-10-6-5-7-11-20/h5-16H,1-4H3/q+1/i2D3. The summed E-state index contributed by atoms with van der Waals surface area (Å²) < 4.78 is 35.2. The fraction of sp³-hybridized carbons (Fsp3) is 0.143. The van der Waals surface area contributed by atoms with Gasteiger partial charge in [0.15, 0.2) is 16.6 Å². The van der Waals surface area contributed by atoms with Crippen LogP contribution in [0.25, 0.3) is 50.2 Å². The van der Waals surface area contributed by atoms with Crippen molar-refractivity contribution in [3.63, 3.8) is 0 Å². The Morgan fingerprint density at radius 3 is 2.53 bits per heavy atom. The van der Waals surface area contributed by atoms with Crippen molar-refractivity contribution in [3.8, 4) is 17.1 Å². The van der Waals surface area contributed by atoms with E-state index in [1.54, 1.807) is 13.0 Å². The molecule has 0 spiro atoms. The topological polar surface area (TPSA) is 34.8 Å². The smallest absolute Gasteiger partial charge is 0.298 e. The second kappa shape index (κ2) is 6.79. The number of aryl methyl sites for hydroxylation is 4. The van der Waals surface area contributed by atoms with Crippen LogP contribution in [0.5, 0.6) is 0 Å². The van der Waals surface area contributed by atoms with Gasteiger partial charge in [-0.25, -0.2) is 9.55 Å². The summed E-state index contributed by atoms with van der Waals surface area (Å²) in [5.41, 5.74) is 6.99. The van der Waals surface area contributed by atoms with Gasteiger partial charge in [-0.2, -0.15) is 4.57 Å². The van der Waals surface area contributed by atoms with E-state index < -0.39 is 6.85 Å². The molecule has 0 amide bonds. The van der Waals surface area contributed by atoms with Gasteiger partial charge in [-0.15, -0.1) is 0 Å². The molecule has 32 heavy (non-hydrogen) atoms. The first kappa shape index (κ1) is 15.8. The van der Waals surface area contributed by atoms with Crippen LogP contribution in [0, 0.1) is 20.7 Å². The van der Waals surface area contributed by atoms with Crippen molar-refractivity contribution in [2.45, 2.75) is 20.7 Å². The Labute approximate surface area is 190 Å². The van der Waals surface area contributed by atoms with Crippen molar-refractivity contribution in [2.75, 3.05) is 0 Å². The summed E-state index contributed by atoms with van der Waals surface area (Å²) in [7, 11) is 2.05. The second-order valence-electron chi connectivity index (χ2n) is 8.27. The fourth-order valence-electron chi connectivity index (χ4n) is 4.77.